The second-order valence-electron chi connectivity index (χ2n) is 6.99. The second-order valence-corrected chi connectivity index (χ2v) is 6.99. The molecule has 1 aromatic heterocycles. The first kappa shape index (κ1) is 20.5. The molecular formula is C23H15F3N2O3. The highest BCUT2D eigenvalue weighted by molar-refractivity contribution is 6.21. The van der Waals surface area contributed by atoms with Crippen LogP contribution in [0.1, 0.15) is 47.8 Å². The van der Waals surface area contributed by atoms with Crippen LogP contribution in [-0.4, -0.2) is 34.0 Å². The maximum atomic E-state index is 12.9. The number of benzene rings is 2. The van der Waals surface area contributed by atoms with Crippen LogP contribution in [-0.2, 0) is 12.6 Å². The lowest BCUT2D eigenvalue weighted by atomic mass is 9.97. The lowest BCUT2D eigenvalue weighted by Gasteiger charge is -2.15. The maximum absolute atomic E-state index is 12.9. The molecular weight excluding hydrogens is 409 g/mol. The van der Waals surface area contributed by atoms with Gasteiger partial charge >= 0.3 is 6.18 Å². The number of amides is 2. The first-order chi connectivity index (χ1) is 14.8. The Morgan fingerprint density at radius 1 is 0.903 bits per heavy atom. The predicted octanol–water partition coefficient (Wildman–Crippen LogP) is 4.17. The monoisotopic (exact) mass is 424 g/mol. The molecule has 156 valence electrons. The summed E-state index contributed by atoms with van der Waals surface area (Å²) in [4.78, 5) is 43.0. The van der Waals surface area contributed by atoms with E-state index in [0.29, 0.717) is 16.7 Å². The van der Waals surface area contributed by atoms with Crippen molar-refractivity contribution < 1.29 is 27.6 Å². The molecule has 0 saturated heterocycles. The number of carbonyl (C=O) groups excluding carboxylic acids is 3. The number of halogens is 3. The number of fused-ring (bicyclic) bond motifs is 1. The van der Waals surface area contributed by atoms with Crippen molar-refractivity contribution in [1.82, 2.24) is 9.88 Å². The fourth-order valence-electron chi connectivity index (χ4n) is 3.49. The molecule has 4 rings (SSSR count). The van der Waals surface area contributed by atoms with Gasteiger partial charge in [0.1, 0.15) is 0 Å². The summed E-state index contributed by atoms with van der Waals surface area (Å²) in [6.07, 6.45) is -1.48. The van der Waals surface area contributed by atoms with Gasteiger partial charge in [-0.05, 0) is 42.3 Å². The Kier molecular flexibility index (Phi) is 5.14. The molecule has 0 spiro atoms. The van der Waals surface area contributed by atoms with Gasteiger partial charge in [-0.15, -0.1) is 0 Å². The summed E-state index contributed by atoms with van der Waals surface area (Å²) in [6.45, 7) is 0.0592. The molecule has 2 amide bonds. The fourth-order valence-corrected chi connectivity index (χ4v) is 3.49. The van der Waals surface area contributed by atoms with E-state index in [4.69, 9.17) is 0 Å². The van der Waals surface area contributed by atoms with Crippen LogP contribution in [0.2, 0.25) is 0 Å². The molecule has 0 bridgehead atoms. The SMILES string of the molecule is O=C(c1ccc(C(F)(F)F)cc1)c1cnccc1CCN1C(=O)c2ccccc2C1=O. The van der Waals surface area contributed by atoms with E-state index >= 15 is 0 Å². The summed E-state index contributed by atoms with van der Waals surface area (Å²) in [6, 6.07) is 12.1. The molecule has 31 heavy (non-hydrogen) atoms. The molecule has 8 heteroatoms. The van der Waals surface area contributed by atoms with Crippen molar-refractivity contribution in [2.24, 2.45) is 0 Å². The third-order valence-electron chi connectivity index (χ3n) is 5.11. The molecule has 0 saturated carbocycles. The minimum Gasteiger partial charge on any atom is -0.289 e. The Morgan fingerprint density at radius 2 is 1.52 bits per heavy atom. The van der Waals surface area contributed by atoms with E-state index in [1.807, 2.05) is 0 Å². The van der Waals surface area contributed by atoms with Crippen LogP contribution >= 0.6 is 0 Å². The summed E-state index contributed by atoms with van der Waals surface area (Å²) < 4.78 is 38.3. The zero-order valence-electron chi connectivity index (χ0n) is 16.0. The molecule has 0 radical (unpaired) electrons. The van der Waals surface area contributed by atoms with Gasteiger partial charge in [-0.3, -0.25) is 24.3 Å². The molecule has 2 heterocycles. The number of imide groups is 1. The van der Waals surface area contributed by atoms with Crippen molar-refractivity contribution in [2.75, 3.05) is 6.54 Å². The zero-order chi connectivity index (χ0) is 22.2. The smallest absolute Gasteiger partial charge is 0.289 e. The highest BCUT2D eigenvalue weighted by Crippen LogP contribution is 2.29. The molecule has 0 fully saturated rings. The Bertz CT molecular complexity index is 1150. The number of pyridine rings is 1. The molecule has 3 aromatic rings. The van der Waals surface area contributed by atoms with Gasteiger partial charge in [-0.1, -0.05) is 24.3 Å². The quantitative estimate of drug-likeness (QED) is 0.456. The first-order valence-corrected chi connectivity index (χ1v) is 9.37. The van der Waals surface area contributed by atoms with Crippen molar-refractivity contribution in [1.29, 1.82) is 0 Å². The van der Waals surface area contributed by atoms with Crippen LogP contribution in [0.5, 0.6) is 0 Å². The molecule has 0 N–H and O–H groups in total. The van der Waals surface area contributed by atoms with E-state index in [1.165, 1.54) is 12.4 Å². The van der Waals surface area contributed by atoms with E-state index in [-0.39, 0.29) is 24.1 Å². The molecule has 1 aliphatic heterocycles. The fraction of sp³-hybridized carbons (Fsp3) is 0.130. The third-order valence-corrected chi connectivity index (χ3v) is 5.11. The summed E-state index contributed by atoms with van der Waals surface area (Å²) in [5, 5.41) is 0. The van der Waals surface area contributed by atoms with E-state index in [1.54, 1.807) is 30.3 Å². The van der Waals surface area contributed by atoms with Crippen LogP contribution in [0.4, 0.5) is 13.2 Å². The minimum atomic E-state index is -4.49. The van der Waals surface area contributed by atoms with Gasteiger partial charge in [0, 0.05) is 30.1 Å². The minimum absolute atomic E-state index is 0.0592. The summed E-state index contributed by atoms with van der Waals surface area (Å²) >= 11 is 0. The van der Waals surface area contributed by atoms with Crippen molar-refractivity contribution >= 4 is 17.6 Å². The number of hydrogen-bond donors (Lipinski definition) is 0. The first-order valence-electron chi connectivity index (χ1n) is 9.37. The average Bonchev–Trinajstić information content (AvgIpc) is 3.01. The topological polar surface area (TPSA) is 67.3 Å². The molecule has 0 unspecified atom stereocenters. The molecule has 2 aromatic carbocycles. The van der Waals surface area contributed by atoms with Gasteiger partial charge < -0.3 is 0 Å². The number of ketones is 1. The van der Waals surface area contributed by atoms with Gasteiger partial charge in [-0.25, -0.2) is 0 Å². The van der Waals surface area contributed by atoms with E-state index in [9.17, 15) is 27.6 Å². The van der Waals surface area contributed by atoms with Crippen LogP contribution in [0.25, 0.3) is 0 Å². The lowest BCUT2D eigenvalue weighted by Crippen LogP contribution is -2.32. The number of aromatic nitrogens is 1. The Morgan fingerprint density at radius 3 is 2.10 bits per heavy atom. The molecule has 5 nitrogen and oxygen atoms in total. The number of nitrogens with zero attached hydrogens (tertiary/aromatic N) is 2. The van der Waals surface area contributed by atoms with Crippen LogP contribution in [0.3, 0.4) is 0 Å². The van der Waals surface area contributed by atoms with E-state index in [2.05, 4.69) is 4.98 Å². The van der Waals surface area contributed by atoms with Gasteiger partial charge in [0.25, 0.3) is 11.8 Å². The highest BCUT2D eigenvalue weighted by atomic mass is 19.4. The normalized spacial score (nSPS) is 13.5. The standard InChI is InChI=1S/C23H15F3N2O3/c24-23(25,26)16-7-5-15(6-8-16)20(29)19-13-27-11-9-14(19)10-12-28-21(30)17-3-1-2-4-18(17)22(28)31/h1-9,11,13H,10,12H2. The average molecular weight is 424 g/mol. The largest absolute Gasteiger partial charge is 0.416 e. The van der Waals surface area contributed by atoms with E-state index < -0.39 is 29.3 Å². The predicted molar refractivity (Wildman–Crippen MR) is 105 cm³/mol. The maximum Gasteiger partial charge on any atom is 0.416 e. The molecule has 0 atom stereocenters. The Labute approximate surface area is 175 Å². The zero-order valence-corrected chi connectivity index (χ0v) is 16.0. The van der Waals surface area contributed by atoms with Gasteiger partial charge in [0.15, 0.2) is 5.78 Å². The molecule has 1 aliphatic rings. The lowest BCUT2D eigenvalue weighted by molar-refractivity contribution is -0.137. The summed E-state index contributed by atoms with van der Waals surface area (Å²) in [7, 11) is 0. The summed E-state index contributed by atoms with van der Waals surface area (Å²) in [5.41, 5.74) is 0.658. The van der Waals surface area contributed by atoms with Crippen LogP contribution in [0, 0.1) is 0 Å². The Hall–Kier alpha value is -3.81. The van der Waals surface area contributed by atoms with Crippen LogP contribution < -0.4 is 0 Å². The highest BCUT2D eigenvalue weighted by Gasteiger charge is 2.35. The third kappa shape index (κ3) is 3.84. The van der Waals surface area contributed by atoms with E-state index in [0.717, 1.165) is 29.2 Å². The van der Waals surface area contributed by atoms with Crippen molar-refractivity contribution in [2.45, 2.75) is 12.6 Å². The number of carbonyl (C=O) groups is 3. The van der Waals surface area contributed by atoms with Crippen molar-refractivity contribution in [3.63, 3.8) is 0 Å². The number of hydrogen-bond acceptors (Lipinski definition) is 4. The van der Waals surface area contributed by atoms with Crippen molar-refractivity contribution in [3.05, 3.63) is 100 Å². The number of rotatable bonds is 5. The van der Waals surface area contributed by atoms with Gasteiger partial charge in [0.05, 0.1) is 16.7 Å². The number of alkyl halides is 3. The second kappa shape index (κ2) is 7.79. The Balaban J connectivity index is 1.54. The van der Waals surface area contributed by atoms with Crippen LogP contribution in [0.15, 0.2) is 67.0 Å². The van der Waals surface area contributed by atoms with Gasteiger partial charge in [0.2, 0.25) is 0 Å². The van der Waals surface area contributed by atoms with Gasteiger partial charge in [-0.2, -0.15) is 13.2 Å². The molecule has 0 aliphatic carbocycles. The summed E-state index contributed by atoms with van der Waals surface area (Å²) in [5.74, 6) is -1.28. The van der Waals surface area contributed by atoms with Crippen molar-refractivity contribution in [3.8, 4) is 0 Å².